The highest BCUT2D eigenvalue weighted by Gasteiger charge is 2.28. The van der Waals surface area contributed by atoms with E-state index in [0.29, 0.717) is 28.0 Å². The Bertz CT molecular complexity index is 402. The number of hydrogen-bond donors (Lipinski definition) is 1. The molecule has 19 heavy (non-hydrogen) atoms. The monoisotopic (exact) mass is 344 g/mol. The van der Waals surface area contributed by atoms with E-state index >= 15 is 0 Å². The van der Waals surface area contributed by atoms with E-state index in [9.17, 15) is 0 Å². The van der Waals surface area contributed by atoms with E-state index < -0.39 is 0 Å². The summed E-state index contributed by atoms with van der Waals surface area (Å²) in [5.41, 5.74) is 6.95. The van der Waals surface area contributed by atoms with E-state index in [1.165, 1.54) is 11.3 Å². The lowest BCUT2D eigenvalue weighted by atomic mass is 9.99. The summed E-state index contributed by atoms with van der Waals surface area (Å²) in [6.07, 6.45) is 2.36. The highest BCUT2D eigenvalue weighted by Crippen LogP contribution is 2.34. The van der Waals surface area contributed by atoms with Gasteiger partial charge in [0.1, 0.15) is 4.34 Å². The molecule has 0 saturated carbocycles. The average Bonchev–Trinajstić information content (AvgIpc) is 2.71. The maximum Gasteiger partial charge on any atom is 0.112 e. The summed E-state index contributed by atoms with van der Waals surface area (Å²) >= 11 is 13.6. The number of likely N-dealkylation sites (tertiary alicyclic amines) is 1. The van der Waals surface area contributed by atoms with Gasteiger partial charge in [-0.2, -0.15) is 0 Å². The SMILES string of the molecule is COC1CCN(Cc2csc(Cl)c2Cl)C(CN)C1.Cl. The van der Waals surface area contributed by atoms with Crippen LogP contribution in [0.1, 0.15) is 18.4 Å². The third kappa shape index (κ3) is 4.21. The Morgan fingerprint density at radius 1 is 1.53 bits per heavy atom. The maximum absolute atomic E-state index is 6.17. The van der Waals surface area contributed by atoms with Crippen molar-refractivity contribution in [1.29, 1.82) is 0 Å². The fraction of sp³-hybridized carbons (Fsp3) is 0.667. The van der Waals surface area contributed by atoms with E-state index in [1.54, 1.807) is 7.11 Å². The molecule has 2 heterocycles. The van der Waals surface area contributed by atoms with Crippen LogP contribution in [0.4, 0.5) is 0 Å². The van der Waals surface area contributed by atoms with Gasteiger partial charge in [0.15, 0.2) is 0 Å². The molecule has 1 fully saturated rings. The number of halogens is 3. The number of nitrogens with two attached hydrogens (primary N) is 1. The fourth-order valence-corrected chi connectivity index (χ4v) is 3.65. The lowest BCUT2D eigenvalue weighted by Gasteiger charge is -2.38. The van der Waals surface area contributed by atoms with Gasteiger partial charge in [-0.25, -0.2) is 0 Å². The predicted octanol–water partition coefficient (Wildman–Crippen LogP) is 3.41. The normalized spacial score (nSPS) is 24.2. The molecule has 1 saturated heterocycles. The molecule has 0 bridgehead atoms. The summed E-state index contributed by atoms with van der Waals surface area (Å²) in [6.45, 7) is 2.46. The lowest BCUT2D eigenvalue weighted by Crippen LogP contribution is -2.47. The summed E-state index contributed by atoms with van der Waals surface area (Å²) in [5, 5.41) is 2.71. The van der Waals surface area contributed by atoms with Gasteiger partial charge in [0.25, 0.3) is 0 Å². The number of methoxy groups -OCH3 is 1. The molecule has 2 N–H and O–H groups in total. The van der Waals surface area contributed by atoms with Crippen LogP contribution >= 0.6 is 46.9 Å². The second kappa shape index (κ2) is 8.03. The third-order valence-corrected chi connectivity index (χ3v) is 5.44. The lowest BCUT2D eigenvalue weighted by molar-refractivity contribution is 0.0103. The molecule has 1 aromatic heterocycles. The number of hydrogen-bond acceptors (Lipinski definition) is 4. The van der Waals surface area contributed by atoms with Crippen molar-refractivity contribution in [3.63, 3.8) is 0 Å². The molecule has 2 atom stereocenters. The van der Waals surface area contributed by atoms with Crippen LogP contribution in [0.25, 0.3) is 0 Å². The van der Waals surface area contributed by atoms with Crippen LogP contribution in [0.15, 0.2) is 5.38 Å². The van der Waals surface area contributed by atoms with Crippen molar-refractivity contribution < 1.29 is 4.74 Å². The second-order valence-electron chi connectivity index (χ2n) is 4.59. The van der Waals surface area contributed by atoms with Crippen LogP contribution in [0.3, 0.4) is 0 Å². The van der Waals surface area contributed by atoms with Crippen LogP contribution in [0, 0.1) is 0 Å². The molecule has 1 aliphatic rings. The predicted molar refractivity (Wildman–Crippen MR) is 84.9 cm³/mol. The Labute approximate surface area is 134 Å². The number of nitrogens with zero attached hydrogens (tertiary/aromatic N) is 1. The van der Waals surface area contributed by atoms with E-state index in [0.717, 1.165) is 31.5 Å². The molecule has 2 unspecified atom stereocenters. The summed E-state index contributed by atoms with van der Waals surface area (Å²) < 4.78 is 6.09. The minimum Gasteiger partial charge on any atom is -0.381 e. The molecule has 0 aliphatic carbocycles. The van der Waals surface area contributed by atoms with Crippen molar-refractivity contribution in [3.05, 3.63) is 20.3 Å². The summed E-state index contributed by atoms with van der Waals surface area (Å²) in [4.78, 5) is 2.37. The zero-order chi connectivity index (χ0) is 13.1. The van der Waals surface area contributed by atoms with Crippen molar-refractivity contribution in [2.45, 2.75) is 31.5 Å². The Kier molecular flexibility index (Phi) is 7.40. The summed E-state index contributed by atoms with van der Waals surface area (Å²) in [7, 11) is 1.77. The number of piperidine rings is 1. The highest BCUT2D eigenvalue weighted by atomic mass is 35.5. The van der Waals surface area contributed by atoms with Gasteiger partial charge in [-0.3, -0.25) is 4.90 Å². The molecular weight excluding hydrogens is 327 g/mol. The van der Waals surface area contributed by atoms with Gasteiger partial charge in [0.05, 0.1) is 11.1 Å². The minimum absolute atomic E-state index is 0. The van der Waals surface area contributed by atoms with E-state index in [4.69, 9.17) is 33.7 Å². The van der Waals surface area contributed by atoms with Gasteiger partial charge in [0.2, 0.25) is 0 Å². The first-order valence-corrected chi connectivity index (χ1v) is 7.67. The first-order chi connectivity index (χ1) is 8.65. The average molecular weight is 346 g/mol. The first kappa shape index (κ1) is 17.5. The molecule has 0 aromatic carbocycles. The topological polar surface area (TPSA) is 38.5 Å². The molecule has 0 spiro atoms. The molecule has 110 valence electrons. The fourth-order valence-electron chi connectivity index (χ4n) is 2.41. The molecule has 3 nitrogen and oxygen atoms in total. The van der Waals surface area contributed by atoms with E-state index in [-0.39, 0.29) is 12.4 Å². The molecule has 0 radical (unpaired) electrons. The number of ether oxygens (including phenoxy) is 1. The Morgan fingerprint density at radius 3 is 2.79 bits per heavy atom. The van der Waals surface area contributed by atoms with Crippen LogP contribution in [0.2, 0.25) is 9.36 Å². The first-order valence-electron chi connectivity index (χ1n) is 6.04. The van der Waals surface area contributed by atoms with Crippen molar-refractivity contribution in [2.75, 3.05) is 20.2 Å². The maximum atomic E-state index is 6.17. The molecule has 1 aromatic rings. The van der Waals surface area contributed by atoms with E-state index in [1.807, 2.05) is 5.38 Å². The van der Waals surface area contributed by atoms with Gasteiger partial charge >= 0.3 is 0 Å². The van der Waals surface area contributed by atoms with Crippen LogP contribution in [0.5, 0.6) is 0 Å². The number of thiophene rings is 1. The van der Waals surface area contributed by atoms with Gasteiger partial charge in [0, 0.05) is 32.8 Å². The smallest absolute Gasteiger partial charge is 0.112 e. The van der Waals surface area contributed by atoms with Crippen molar-refractivity contribution >= 4 is 46.9 Å². The standard InChI is InChI=1S/C12H18Cl2N2OS.ClH/c1-17-10-2-3-16(9(4-10)5-15)6-8-7-18-12(14)11(8)13;/h7,9-10H,2-6,15H2,1H3;1H. The number of rotatable bonds is 4. The minimum atomic E-state index is 0. The van der Waals surface area contributed by atoms with E-state index in [2.05, 4.69) is 4.90 Å². The Balaban J connectivity index is 0.00000180. The van der Waals surface area contributed by atoms with Crippen LogP contribution in [-0.2, 0) is 11.3 Å². The van der Waals surface area contributed by atoms with Gasteiger partial charge in [-0.05, 0) is 23.8 Å². The van der Waals surface area contributed by atoms with Crippen molar-refractivity contribution in [3.8, 4) is 0 Å². The molecule has 1 aliphatic heterocycles. The van der Waals surface area contributed by atoms with Crippen LogP contribution < -0.4 is 5.73 Å². The molecule has 0 amide bonds. The van der Waals surface area contributed by atoms with Crippen molar-refractivity contribution in [1.82, 2.24) is 4.90 Å². The molecular formula is C12H19Cl3N2OS. The zero-order valence-corrected chi connectivity index (χ0v) is 13.9. The Morgan fingerprint density at radius 2 is 2.26 bits per heavy atom. The molecule has 7 heteroatoms. The second-order valence-corrected chi connectivity index (χ2v) is 6.45. The largest absolute Gasteiger partial charge is 0.381 e. The van der Waals surface area contributed by atoms with Crippen LogP contribution in [-0.4, -0.2) is 37.2 Å². The zero-order valence-electron chi connectivity index (χ0n) is 10.8. The third-order valence-electron chi connectivity index (χ3n) is 3.53. The molecule has 2 rings (SSSR count). The summed E-state index contributed by atoms with van der Waals surface area (Å²) in [5.74, 6) is 0. The Hall–Kier alpha value is 0.450. The van der Waals surface area contributed by atoms with Crippen molar-refractivity contribution in [2.24, 2.45) is 5.73 Å². The van der Waals surface area contributed by atoms with Gasteiger partial charge < -0.3 is 10.5 Å². The summed E-state index contributed by atoms with van der Waals surface area (Å²) in [6, 6.07) is 0.360. The quantitative estimate of drug-likeness (QED) is 0.909. The van der Waals surface area contributed by atoms with Gasteiger partial charge in [-0.1, -0.05) is 23.2 Å². The van der Waals surface area contributed by atoms with Gasteiger partial charge in [-0.15, -0.1) is 23.7 Å². The highest BCUT2D eigenvalue weighted by molar-refractivity contribution is 7.15.